The van der Waals surface area contributed by atoms with Crippen molar-refractivity contribution in [2.75, 3.05) is 11.9 Å². The van der Waals surface area contributed by atoms with E-state index in [2.05, 4.69) is 11.4 Å². The fourth-order valence-corrected chi connectivity index (χ4v) is 5.02. The number of fused-ring (bicyclic) bond motifs is 7. The van der Waals surface area contributed by atoms with Crippen LogP contribution in [0.1, 0.15) is 38.7 Å². The van der Waals surface area contributed by atoms with Gasteiger partial charge in [-0.3, -0.25) is 0 Å². The van der Waals surface area contributed by atoms with Crippen LogP contribution in [0.4, 0.5) is 19.7 Å². The minimum Gasteiger partial charge on any atom is -0.448 e. The van der Waals surface area contributed by atoms with E-state index in [1.807, 2.05) is 6.92 Å². The Labute approximate surface area is 162 Å². The summed E-state index contributed by atoms with van der Waals surface area (Å²) in [6.07, 6.45) is 1.25. The smallest absolute Gasteiger partial charge is 0.429 e. The molecule has 0 spiro atoms. The Kier molecular flexibility index (Phi) is 3.48. The first-order valence-electron chi connectivity index (χ1n) is 9.56. The quantitative estimate of drug-likeness (QED) is 0.748. The van der Waals surface area contributed by atoms with E-state index in [1.165, 1.54) is 22.2 Å². The molecule has 7 nitrogen and oxygen atoms in total. The van der Waals surface area contributed by atoms with Crippen molar-refractivity contribution >= 4 is 17.9 Å². The molecular weight excluding hydrogens is 365 g/mol. The molecule has 0 unspecified atom stereocenters. The molecule has 1 aliphatic carbocycles. The Morgan fingerprint density at radius 2 is 2.21 bits per heavy atom. The second-order valence-corrected chi connectivity index (χ2v) is 8.22. The number of rotatable bonds is 1. The van der Waals surface area contributed by atoms with Gasteiger partial charge in [-0.1, -0.05) is 12.1 Å². The van der Waals surface area contributed by atoms with E-state index >= 15 is 0 Å². The fraction of sp³-hybridized carbons (Fsp3) is 0.500. The first-order valence-corrected chi connectivity index (χ1v) is 9.56. The van der Waals surface area contributed by atoms with Gasteiger partial charge in [-0.05, 0) is 44.0 Å². The summed E-state index contributed by atoms with van der Waals surface area (Å²) < 4.78 is 24.4. The van der Waals surface area contributed by atoms with Gasteiger partial charge in [0.25, 0.3) is 0 Å². The molecule has 0 aromatic heterocycles. The Balaban J connectivity index is 1.61. The number of ether oxygens (including phenoxy) is 2. The van der Waals surface area contributed by atoms with Gasteiger partial charge in [-0.25, -0.2) is 24.0 Å². The van der Waals surface area contributed by atoms with Crippen LogP contribution in [0.25, 0.3) is 0 Å². The highest BCUT2D eigenvalue weighted by atomic mass is 19.1. The van der Waals surface area contributed by atoms with E-state index in [0.29, 0.717) is 13.0 Å². The van der Waals surface area contributed by atoms with Crippen LogP contribution in [0.3, 0.4) is 0 Å². The normalized spacial score (nSPS) is 32.2. The molecule has 0 saturated carbocycles. The Bertz CT molecular complexity index is 917. The molecule has 28 heavy (non-hydrogen) atoms. The maximum atomic E-state index is 13.7. The summed E-state index contributed by atoms with van der Waals surface area (Å²) in [5, 5.41) is 6.17. The van der Waals surface area contributed by atoms with Crippen molar-refractivity contribution in [2.45, 2.75) is 56.8 Å². The number of nitrogens with zero attached hydrogens (tertiary/aromatic N) is 2. The predicted octanol–water partition coefficient (Wildman–Crippen LogP) is 3.39. The topological polar surface area (TPSA) is 71.1 Å². The second-order valence-electron chi connectivity index (χ2n) is 8.22. The molecule has 0 radical (unpaired) electrons. The van der Waals surface area contributed by atoms with Crippen LogP contribution in [-0.2, 0) is 9.47 Å². The Morgan fingerprint density at radius 3 is 2.96 bits per heavy atom. The van der Waals surface area contributed by atoms with E-state index in [0.717, 1.165) is 16.8 Å². The molecule has 0 bridgehead atoms. The van der Waals surface area contributed by atoms with Crippen LogP contribution >= 0.6 is 0 Å². The summed E-state index contributed by atoms with van der Waals surface area (Å²) in [6.45, 7) is 5.79. The van der Waals surface area contributed by atoms with Gasteiger partial charge in [0.15, 0.2) is 0 Å². The molecule has 148 valence electrons. The highest BCUT2D eigenvalue weighted by Gasteiger charge is 2.64. The molecule has 2 saturated heterocycles. The Morgan fingerprint density at radius 1 is 1.43 bits per heavy atom. The molecule has 3 heterocycles. The zero-order chi connectivity index (χ0) is 19.8. The molecule has 1 aromatic rings. The van der Waals surface area contributed by atoms with Gasteiger partial charge in [-0.2, -0.15) is 0 Å². The lowest BCUT2D eigenvalue weighted by atomic mass is 9.86. The molecule has 1 N–H and O–H groups in total. The monoisotopic (exact) mass is 387 g/mol. The molecule has 8 heteroatoms. The SMILES string of the molecule is CC(C)OC(=O)N1[C@@H]2C(=C[C@H]3c4ccc(F)cc4N[C@@H]23)[C@]2(C)CCOC(=O)N12. The zero-order valence-electron chi connectivity index (χ0n) is 15.9. The van der Waals surface area contributed by atoms with Crippen LogP contribution in [-0.4, -0.2) is 52.5 Å². The number of amides is 2. The number of halogens is 1. The summed E-state index contributed by atoms with van der Waals surface area (Å²) >= 11 is 0. The number of hydrogen-bond acceptors (Lipinski definition) is 5. The van der Waals surface area contributed by atoms with Crippen molar-refractivity contribution in [3.05, 3.63) is 41.2 Å². The van der Waals surface area contributed by atoms with Crippen LogP contribution in [0.2, 0.25) is 0 Å². The van der Waals surface area contributed by atoms with Crippen molar-refractivity contribution in [3.8, 4) is 0 Å². The largest absolute Gasteiger partial charge is 0.448 e. The first kappa shape index (κ1) is 17.3. The second kappa shape index (κ2) is 5.62. The maximum Gasteiger partial charge on any atom is 0.429 e. The molecule has 5 rings (SSSR count). The number of hydrogen-bond donors (Lipinski definition) is 1. The van der Waals surface area contributed by atoms with Crippen LogP contribution in [0.15, 0.2) is 29.8 Å². The van der Waals surface area contributed by atoms with Crippen LogP contribution in [0, 0.1) is 5.82 Å². The minimum absolute atomic E-state index is 0.00173. The number of hydrazine groups is 1. The average molecular weight is 387 g/mol. The molecular formula is C20H22FN3O4. The third kappa shape index (κ3) is 2.14. The van der Waals surface area contributed by atoms with Crippen LogP contribution < -0.4 is 5.32 Å². The maximum absolute atomic E-state index is 13.7. The fourth-order valence-electron chi connectivity index (χ4n) is 5.02. The molecule has 3 aliphatic heterocycles. The lowest BCUT2D eigenvalue weighted by molar-refractivity contribution is -0.0754. The van der Waals surface area contributed by atoms with Gasteiger partial charge in [0.05, 0.1) is 24.3 Å². The highest BCUT2D eigenvalue weighted by Crippen LogP contribution is 2.55. The summed E-state index contributed by atoms with van der Waals surface area (Å²) in [5.74, 6) is -0.312. The third-order valence-electron chi connectivity index (χ3n) is 6.18. The lowest BCUT2D eigenvalue weighted by Crippen LogP contribution is -2.59. The number of carbonyl (C=O) groups is 2. The molecule has 4 aliphatic rings. The Hall–Kier alpha value is -2.77. The summed E-state index contributed by atoms with van der Waals surface area (Å²) in [4.78, 5) is 25.6. The van der Waals surface area contributed by atoms with Crippen molar-refractivity contribution in [1.29, 1.82) is 0 Å². The van der Waals surface area contributed by atoms with Gasteiger partial charge in [0.1, 0.15) is 11.9 Å². The molecule has 2 fully saturated rings. The van der Waals surface area contributed by atoms with E-state index < -0.39 is 23.8 Å². The van der Waals surface area contributed by atoms with Gasteiger partial charge in [0.2, 0.25) is 0 Å². The van der Waals surface area contributed by atoms with Gasteiger partial charge >= 0.3 is 12.2 Å². The lowest BCUT2D eigenvalue weighted by Gasteiger charge is -2.42. The number of cyclic esters (lactones) is 1. The highest BCUT2D eigenvalue weighted by molar-refractivity contribution is 5.80. The summed E-state index contributed by atoms with van der Waals surface area (Å²) in [5.41, 5.74) is 2.07. The van der Waals surface area contributed by atoms with Crippen molar-refractivity contribution in [1.82, 2.24) is 10.0 Å². The van der Waals surface area contributed by atoms with Gasteiger partial charge in [0, 0.05) is 18.0 Å². The van der Waals surface area contributed by atoms with E-state index in [-0.39, 0.29) is 23.9 Å². The number of carbonyl (C=O) groups excluding carboxylic acids is 2. The van der Waals surface area contributed by atoms with Gasteiger partial charge in [-0.15, -0.1) is 0 Å². The first-order chi connectivity index (χ1) is 13.3. The standard InChI is InChI=1S/C20H22FN3O4/c1-10(2)28-18(25)23-17-14(20(3)6-7-27-19(26)24(20)23)9-13-12-5-4-11(21)8-15(12)22-16(13)17/h4-5,8-10,13,16-17,22H,6-7H2,1-3H3/t13-,16+,17+,20-/m0/s1. The number of benzene rings is 1. The number of nitrogens with one attached hydrogen (secondary N) is 1. The van der Waals surface area contributed by atoms with E-state index in [1.54, 1.807) is 19.9 Å². The molecule has 4 atom stereocenters. The van der Waals surface area contributed by atoms with E-state index in [4.69, 9.17) is 9.47 Å². The minimum atomic E-state index is -0.651. The summed E-state index contributed by atoms with van der Waals surface area (Å²) in [7, 11) is 0. The third-order valence-corrected chi connectivity index (χ3v) is 6.18. The molecule has 1 aromatic carbocycles. The van der Waals surface area contributed by atoms with Crippen molar-refractivity contribution in [3.63, 3.8) is 0 Å². The zero-order valence-corrected chi connectivity index (χ0v) is 15.9. The molecule has 2 amide bonds. The average Bonchev–Trinajstić information content (AvgIpc) is 3.21. The van der Waals surface area contributed by atoms with E-state index in [9.17, 15) is 14.0 Å². The van der Waals surface area contributed by atoms with Crippen molar-refractivity contribution in [2.24, 2.45) is 0 Å². The summed E-state index contributed by atoms with van der Waals surface area (Å²) in [6, 6.07) is 4.11. The van der Waals surface area contributed by atoms with Gasteiger partial charge < -0.3 is 14.8 Å². The number of anilines is 1. The predicted molar refractivity (Wildman–Crippen MR) is 98.1 cm³/mol. The van der Waals surface area contributed by atoms with Crippen LogP contribution in [0.5, 0.6) is 0 Å². The van der Waals surface area contributed by atoms with Crippen molar-refractivity contribution < 1.29 is 23.5 Å².